The quantitative estimate of drug-likeness (QED) is 0.482. The zero-order valence-corrected chi connectivity index (χ0v) is 8.47. The van der Waals surface area contributed by atoms with Gasteiger partial charge in [0.2, 0.25) is 5.91 Å². The molecule has 1 amide bonds. The minimum atomic E-state index is -0.634. The molecule has 0 aromatic heterocycles. The summed E-state index contributed by atoms with van der Waals surface area (Å²) in [7, 11) is 0. The molecule has 5 N–H and O–H groups in total. The molecule has 0 saturated heterocycles. The number of nitrogens with two attached hydrogens (primary N) is 2. The van der Waals surface area contributed by atoms with Crippen LogP contribution in [0.4, 0.5) is 11.4 Å². The van der Waals surface area contributed by atoms with E-state index in [2.05, 4.69) is 5.32 Å². The molecule has 16 heavy (non-hydrogen) atoms. The number of rotatable bonds is 5. The second kappa shape index (κ2) is 5.08. The van der Waals surface area contributed by atoms with Gasteiger partial charge in [0.05, 0.1) is 4.92 Å². The summed E-state index contributed by atoms with van der Waals surface area (Å²) >= 11 is 0. The smallest absolute Gasteiger partial charge is 0.292 e. The standard InChI is InChI=1S/C9H12N4O3/c10-3-4-12-7-5-6(9(11)14)1-2-8(7)13(15)16/h1-2,5,12H,3-4,10H2,(H2,11,14). The topological polar surface area (TPSA) is 124 Å². The normalized spacial score (nSPS) is 9.81. The van der Waals surface area contributed by atoms with Gasteiger partial charge in [-0.3, -0.25) is 14.9 Å². The Morgan fingerprint density at radius 1 is 1.50 bits per heavy atom. The molecule has 1 rings (SSSR count). The molecular weight excluding hydrogens is 212 g/mol. The molecule has 0 aliphatic heterocycles. The Balaban J connectivity index is 3.10. The van der Waals surface area contributed by atoms with Gasteiger partial charge in [0, 0.05) is 24.7 Å². The highest BCUT2D eigenvalue weighted by atomic mass is 16.6. The molecule has 0 aliphatic rings. The van der Waals surface area contributed by atoms with E-state index in [1.54, 1.807) is 0 Å². The summed E-state index contributed by atoms with van der Waals surface area (Å²) in [5.41, 5.74) is 10.7. The Morgan fingerprint density at radius 3 is 2.69 bits per heavy atom. The largest absolute Gasteiger partial charge is 0.378 e. The Labute approximate surface area is 91.6 Å². The van der Waals surface area contributed by atoms with Crippen LogP contribution in [0.3, 0.4) is 0 Å². The predicted molar refractivity (Wildman–Crippen MR) is 59.2 cm³/mol. The minimum Gasteiger partial charge on any atom is -0.378 e. The number of hydrogen-bond acceptors (Lipinski definition) is 5. The van der Waals surface area contributed by atoms with Crippen molar-refractivity contribution in [1.82, 2.24) is 0 Å². The third-order valence-electron chi connectivity index (χ3n) is 1.94. The van der Waals surface area contributed by atoms with Crippen molar-refractivity contribution in [2.24, 2.45) is 11.5 Å². The maximum absolute atomic E-state index is 10.9. The van der Waals surface area contributed by atoms with Gasteiger partial charge >= 0.3 is 0 Å². The molecule has 0 atom stereocenters. The van der Waals surface area contributed by atoms with Crippen molar-refractivity contribution in [3.05, 3.63) is 33.9 Å². The fourth-order valence-electron chi connectivity index (χ4n) is 1.20. The maximum Gasteiger partial charge on any atom is 0.292 e. The van der Waals surface area contributed by atoms with Gasteiger partial charge in [-0.1, -0.05) is 0 Å². The summed E-state index contributed by atoms with van der Waals surface area (Å²) in [6, 6.07) is 3.89. The van der Waals surface area contributed by atoms with Crippen LogP contribution in [0.2, 0.25) is 0 Å². The second-order valence-corrected chi connectivity index (χ2v) is 3.07. The number of amides is 1. The summed E-state index contributed by atoms with van der Waals surface area (Å²) < 4.78 is 0. The first-order chi connectivity index (χ1) is 7.56. The van der Waals surface area contributed by atoms with Crippen molar-refractivity contribution in [1.29, 1.82) is 0 Å². The van der Waals surface area contributed by atoms with E-state index >= 15 is 0 Å². The van der Waals surface area contributed by atoms with Gasteiger partial charge in [0.15, 0.2) is 0 Å². The SMILES string of the molecule is NCCNc1cc(C(N)=O)ccc1[N+](=O)[O-]. The molecule has 7 nitrogen and oxygen atoms in total. The van der Waals surface area contributed by atoms with E-state index in [0.29, 0.717) is 13.1 Å². The highest BCUT2D eigenvalue weighted by molar-refractivity contribution is 5.94. The van der Waals surface area contributed by atoms with E-state index in [-0.39, 0.29) is 16.9 Å². The van der Waals surface area contributed by atoms with Crippen LogP contribution in [0.1, 0.15) is 10.4 Å². The zero-order valence-electron chi connectivity index (χ0n) is 8.47. The number of benzene rings is 1. The predicted octanol–water partition coefficient (Wildman–Crippen LogP) is 0.0643. The summed E-state index contributed by atoms with van der Waals surface area (Å²) in [6.07, 6.45) is 0. The number of primary amides is 1. The van der Waals surface area contributed by atoms with Crippen LogP contribution in [0.25, 0.3) is 0 Å². The van der Waals surface area contributed by atoms with Gasteiger partial charge in [-0.15, -0.1) is 0 Å². The fourth-order valence-corrected chi connectivity index (χ4v) is 1.20. The van der Waals surface area contributed by atoms with Crippen molar-refractivity contribution in [3.63, 3.8) is 0 Å². The highest BCUT2D eigenvalue weighted by Crippen LogP contribution is 2.24. The van der Waals surface area contributed by atoms with Crippen LogP contribution >= 0.6 is 0 Å². The summed E-state index contributed by atoms with van der Waals surface area (Å²) in [4.78, 5) is 21.1. The van der Waals surface area contributed by atoms with E-state index in [1.807, 2.05) is 0 Å². The Kier molecular flexibility index (Phi) is 3.78. The Hall–Kier alpha value is -2.15. The molecule has 0 saturated carbocycles. The first-order valence-electron chi connectivity index (χ1n) is 4.58. The molecule has 86 valence electrons. The van der Waals surface area contributed by atoms with E-state index in [4.69, 9.17) is 11.5 Å². The average molecular weight is 224 g/mol. The highest BCUT2D eigenvalue weighted by Gasteiger charge is 2.15. The zero-order chi connectivity index (χ0) is 12.1. The lowest BCUT2D eigenvalue weighted by Crippen LogP contribution is -2.15. The van der Waals surface area contributed by atoms with Crippen molar-refractivity contribution in [2.45, 2.75) is 0 Å². The Morgan fingerprint density at radius 2 is 2.19 bits per heavy atom. The monoisotopic (exact) mass is 224 g/mol. The van der Waals surface area contributed by atoms with Gasteiger partial charge in [-0.2, -0.15) is 0 Å². The fraction of sp³-hybridized carbons (Fsp3) is 0.222. The second-order valence-electron chi connectivity index (χ2n) is 3.07. The van der Waals surface area contributed by atoms with Crippen LogP contribution < -0.4 is 16.8 Å². The van der Waals surface area contributed by atoms with Crippen molar-refractivity contribution >= 4 is 17.3 Å². The molecule has 1 aromatic carbocycles. The first kappa shape index (κ1) is 11.9. The number of anilines is 1. The number of carbonyl (C=O) groups excluding carboxylic acids is 1. The van der Waals surface area contributed by atoms with Gasteiger partial charge in [-0.25, -0.2) is 0 Å². The van der Waals surface area contributed by atoms with Crippen LogP contribution in [-0.4, -0.2) is 23.9 Å². The van der Waals surface area contributed by atoms with Crippen molar-refractivity contribution in [3.8, 4) is 0 Å². The Bertz CT molecular complexity index is 419. The van der Waals surface area contributed by atoms with Gasteiger partial charge in [0.1, 0.15) is 5.69 Å². The lowest BCUT2D eigenvalue weighted by Gasteiger charge is -2.06. The molecule has 0 fully saturated rings. The van der Waals surface area contributed by atoms with Crippen molar-refractivity contribution in [2.75, 3.05) is 18.4 Å². The molecule has 0 heterocycles. The molecule has 0 aliphatic carbocycles. The van der Waals surface area contributed by atoms with E-state index in [9.17, 15) is 14.9 Å². The molecule has 0 bridgehead atoms. The first-order valence-corrected chi connectivity index (χ1v) is 4.58. The van der Waals surface area contributed by atoms with Gasteiger partial charge in [0.25, 0.3) is 5.69 Å². The van der Waals surface area contributed by atoms with Crippen LogP contribution in [0, 0.1) is 10.1 Å². The lowest BCUT2D eigenvalue weighted by molar-refractivity contribution is -0.384. The molecule has 7 heteroatoms. The van der Waals surface area contributed by atoms with E-state index in [1.165, 1.54) is 18.2 Å². The third kappa shape index (κ3) is 2.67. The average Bonchev–Trinajstić information content (AvgIpc) is 2.25. The lowest BCUT2D eigenvalue weighted by atomic mass is 10.1. The number of hydrogen-bond donors (Lipinski definition) is 3. The molecule has 0 radical (unpaired) electrons. The minimum absolute atomic E-state index is 0.113. The van der Waals surface area contributed by atoms with Crippen LogP contribution in [0.15, 0.2) is 18.2 Å². The maximum atomic E-state index is 10.9. The van der Waals surface area contributed by atoms with Crippen LogP contribution in [-0.2, 0) is 0 Å². The molecule has 0 unspecified atom stereocenters. The van der Waals surface area contributed by atoms with E-state index in [0.717, 1.165) is 0 Å². The summed E-state index contributed by atoms with van der Waals surface area (Å²) in [5, 5.41) is 13.4. The van der Waals surface area contributed by atoms with Gasteiger partial charge < -0.3 is 16.8 Å². The number of nitro groups is 1. The number of nitrogens with zero attached hydrogens (tertiary/aromatic N) is 1. The molecule has 0 spiro atoms. The molecule has 1 aromatic rings. The van der Waals surface area contributed by atoms with Gasteiger partial charge in [-0.05, 0) is 12.1 Å². The number of nitrogens with one attached hydrogen (secondary N) is 1. The van der Waals surface area contributed by atoms with Crippen LogP contribution in [0.5, 0.6) is 0 Å². The van der Waals surface area contributed by atoms with Crippen molar-refractivity contribution < 1.29 is 9.72 Å². The van der Waals surface area contributed by atoms with E-state index < -0.39 is 10.8 Å². The molecular formula is C9H12N4O3. The summed E-state index contributed by atoms with van der Waals surface area (Å²) in [5.74, 6) is -0.634. The number of carbonyl (C=O) groups is 1. The third-order valence-corrected chi connectivity index (χ3v) is 1.94. The number of nitro benzene ring substituents is 1. The summed E-state index contributed by atoms with van der Waals surface area (Å²) in [6.45, 7) is 0.709.